The highest BCUT2D eigenvalue weighted by atomic mass is 16.3. The zero-order valence-corrected chi connectivity index (χ0v) is 7.83. The standard InChI is InChI=1S/C10H16N2O/c1-2-12-10(7-11)8-4-3-5-9(13)6-8/h3-6,10,12-13H,2,7,11H2,1H3. The van der Waals surface area contributed by atoms with Crippen molar-refractivity contribution in [3.8, 4) is 5.75 Å². The van der Waals surface area contributed by atoms with E-state index in [1.807, 2.05) is 19.1 Å². The molecule has 0 aliphatic heterocycles. The van der Waals surface area contributed by atoms with Crippen LogP contribution in [0.2, 0.25) is 0 Å². The molecule has 0 fully saturated rings. The zero-order chi connectivity index (χ0) is 9.68. The van der Waals surface area contributed by atoms with E-state index in [0.717, 1.165) is 12.1 Å². The minimum Gasteiger partial charge on any atom is -0.508 e. The van der Waals surface area contributed by atoms with Crippen LogP contribution in [0.1, 0.15) is 18.5 Å². The van der Waals surface area contributed by atoms with Gasteiger partial charge in [-0.3, -0.25) is 0 Å². The molecule has 1 aromatic carbocycles. The normalized spacial score (nSPS) is 12.8. The van der Waals surface area contributed by atoms with Crippen molar-refractivity contribution in [2.24, 2.45) is 5.73 Å². The third-order valence-electron chi connectivity index (χ3n) is 1.96. The SMILES string of the molecule is CCNC(CN)c1cccc(O)c1. The second kappa shape index (κ2) is 4.84. The number of phenols is 1. The molecule has 13 heavy (non-hydrogen) atoms. The Labute approximate surface area is 78.6 Å². The number of hydrogen-bond acceptors (Lipinski definition) is 3. The van der Waals surface area contributed by atoms with Crippen molar-refractivity contribution in [3.63, 3.8) is 0 Å². The fourth-order valence-corrected chi connectivity index (χ4v) is 1.33. The topological polar surface area (TPSA) is 58.3 Å². The molecule has 0 aromatic heterocycles. The molecule has 0 saturated heterocycles. The van der Waals surface area contributed by atoms with Gasteiger partial charge in [-0.1, -0.05) is 19.1 Å². The molecule has 0 saturated carbocycles. The third-order valence-corrected chi connectivity index (χ3v) is 1.96. The summed E-state index contributed by atoms with van der Waals surface area (Å²) in [6.07, 6.45) is 0. The average molecular weight is 180 g/mol. The first-order valence-electron chi connectivity index (χ1n) is 4.50. The van der Waals surface area contributed by atoms with E-state index >= 15 is 0 Å². The van der Waals surface area contributed by atoms with Gasteiger partial charge in [0.2, 0.25) is 0 Å². The highest BCUT2D eigenvalue weighted by Crippen LogP contribution is 2.17. The number of hydrogen-bond donors (Lipinski definition) is 3. The first kappa shape index (κ1) is 10.0. The molecular formula is C10H16N2O. The van der Waals surface area contributed by atoms with E-state index in [-0.39, 0.29) is 11.8 Å². The molecule has 1 unspecified atom stereocenters. The quantitative estimate of drug-likeness (QED) is 0.648. The summed E-state index contributed by atoms with van der Waals surface area (Å²) in [7, 11) is 0. The smallest absolute Gasteiger partial charge is 0.115 e. The second-order valence-corrected chi connectivity index (χ2v) is 2.94. The van der Waals surface area contributed by atoms with E-state index in [9.17, 15) is 5.11 Å². The molecule has 0 radical (unpaired) electrons. The van der Waals surface area contributed by atoms with Crippen LogP contribution in [-0.4, -0.2) is 18.2 Å². The lowest BCUT2D eigenvalue weighted by atomic mass is 10.1. The van der Waals surface area contributed by atoms with E-state index in [4.69, 9.17) is 5.73 Å². The maximum atomic E-state index is 9.26. The van der Waals surface area contributed by atoms with Gasteiger partial charge in [0.15, 0.2) is 0 Å². The molecule has 4 N–H and O–H groups in total. The Morgan fingerprint density at radius 3 is 2.85 bits per heavy atom. The highest BCUT2D eigenvalue weighted by Gasteiger charge is 2.07. The lowest BCUT2D eigenvalue weighted by Gasteiger charge is -2.15. The molecular weight excluding hydrogens is 164 g/mol. The van der Waals surface area contributed by atoms with Crippen molar-refractivity contribution >= 4 is 0 Å². The number of likely N-dealkylation sites (N-methyl/N-ethyl adjacent to an activating group) is 1. The minimum absolute atomic E-state index is 0.136. The van der Waals surface area contributed by atoms with Crippen molar-refractivity contribution in [1.29, 1.82) is 0 Å². The number of benzene rings is 1. The van der Waals surface area contributed by atoms with Crippen molar-refractivity contribution in [2.75, 3.05) is 13.1 Å². The van der Waals surface area contributed by atoms with Gasteiger partial charge in [0, 0.05) is 12.6 Å². The molecule has 3 heteroatoms. The van der Waals surface area contributed by atoms with E-state index in [1.165, 1.54) is 0 Å². The van der Waals surface area contributed by atoms with E-state index in [2.05, 4.69) is 5.32 Å². The van der Waals surface area contributed by atoms with Crippen LogP contribution in [0, 0.1) is 0 Å². The van der Waals surface area contributed by atoms with Gasteiger partial charge in [-0.15, -0.1) is 0 Å². The summed E-state index contributed by atoms with van der Waals surface area (Å²) in [6.45, 7) is 3.44. The van der Waals surface area contributed by atoms with Gasteiger partial charge in [0.25, 0.3) is 0 Å². The maximum absolute atomic E-state index is 9.26. The van der Waals surface area contributed by atoms with E-state index in [0.29, 0.717) is 6.54 Å². The van der Waals surface area contributed by atoms with Crippen molar-refractivity contribution in [3.05, 3.63) is 29.8 Å². The molecule has 0 spiro atoms. The molecule has 0 heterocycles. The summed E-state index contributed by atoms with van der Waals surface area (Å²) < 4.78 is 0. The van der Waals surface area contributed by atoms with Crippen LogP contribution in [0.4, 0.5) is 0 Å². The number of nitrogens with one attached hydrogen (secondary N) is 1. The van der Waals surface area contributed by atoms with Crippen LogP contribution in [0.3, 0.4) is 0 Å². The van der Waals surface area contributed by atoms with Gasteiger partial charge in [-0.25, -0.2) is 0 Å². The Morgan fingerprint density at radius 2 is 2.31 bits per heavy atom. The van der Waals surface area contributed by atoms with Gasteiger partial charge in [0.1, 0.15) is 5.75 Å². The molecule has 0 aliphatic rings. The van der Waals surface area contributed by atoms with Crippen LogP contribution < -0.4 is 11.1 Å². The van der Waals surface area contributed by atoms with Crippen LogP contribution in [0.5, 0.6) is 5.75 Å². The van der Waals surface area contributed by atoms with E-state index < -0.39 is 0 Å². The highest BCUT2D eigenvalue weighted by molar-refractivity contribution is 5.29. The molecule has 1 rings (SSSR count). The molecule has 1 aromatic rings. The lowest BCUT2D eigenvalue weighted by Crippen LogP contribution is -2.27. The molecule has 72 valence electrons. The van der Waals surface area contributed by atoms with Crippen LogP contribution in [0.25, 0.3) is 0 Å². The van der Waals surface area contributed by atoms with Gasteiger partial charge >= 0.3 is 0 Å². The van der Waals surface area contributed by atoms with Crippen LogP contribution in [-0.2, 0) is 0 Å². The number of aromatic hydroxyl groups is 1. The number of nitrogens with two attached hydrogens (primary N) is 1. The molecule has 3 nitrogen and oxygen atoms in total. The Hall–Kier alpha value is -1.06. The van der Waals surface area contributed by atoms with Gasteiger partial charge in [-0.2, -0.15) is 0 Å². The van der Waals surface area contributed by atoms with Crippen LogP contribution >= 0.6 is 0 Å². The first-order valence-corrected chi connectivity index (χ1v) is 4.50. The predicted octanol–water partition coefficient (Wildman–Crippen LogP) is 1.00. The molecule has 0 amide bonds. The summed E-state index contributed by atoms with van der Waals surface area (Å²) in [5, 5.41) is 12.5. The Morgan fingerprint density at radius 1 is 1.54 bits per heavy atom. The molecule has 1 atom stereocenters. The zero-order valence-electron chi connectivity index (χ0n) is 7.83. The van der Waals surface area contributed by atoms with Crippen molar-refractivity contribution in [2.45, 2.75) is 13.0 Å². The van der Waals surface area contributed by atoms with Crippen molar-refractivity contribution < 1.29 is 5.11 Å². The second-order valence-electron chi connectivity index (χ2n) is 2.94. The Balaban J connectivity index is 2.78. The summed E-state index contributed by atoms with van der Waals surface area (Å²) in [4.78, 5) is 0. The number of phenolic OH excluding ortho intramolecular Hbond substituents is 1. The fourth-order valence-electron chi connectivity index (χ4n) is 1.33. The lowest BCUT2D eigenvalue weighted by molar-refractivity contribution is 0.471. The predicted molar refractivity (Wildman–Crippen MR) is 53.6 cm³/mol. The van der Waals surface area contributed by atoms with E-state index in [1.54, 1.807) is 12.1 Å². The molecule has 0 bridgehead atoms. The fraction of sp³-hybridized carbons (Fsp3) is 0.400. The average Bonchev–Trinajstić information content (AvgIpc) is 2.14. The summed E-state index contributed by atoms with van der Waals surface area (Å²) in [5.74, 6) is 0.286. The molecule has 0 aliphatic carbocycles. The monoisotopic (exact) mass is 180 g/mol. The Bertz CT molecular complexity index is 263. The van der Waals surface area contributed by atoms with Gasteiger partial charge in [-0.05, 0) is 24.2 Å². The Kier molecular flexibility index (Phi) is 3.73. The summed E-state index contributed by atoms with van der Waals surface area (Å²) in [5.41, 5.74) is 6.63. The van der Waals surface area contributed by atoms with Gasteiger partial charge in [0.05, 0.1) is 0 Å². The summed E-state index contributed by atoms with van der Waals surface area (Å²) in [6, 6.07) is 7.31. The van der Waals surface area contributed by atoms with Gasteiger partial charge < -0.3 is 16.2 Å². The summed E-state index contributed by atoms with van der Waals surface area (Å²) >= 11 is 0. The first-order chi connectivity index (χ1) is 6.27. The minimum atomic E-state index is 0.136. The maximum Gasteiger partial charge on any atom is 0.115 e. The van der Waals surface area contributed by atoms with Crippen molar-refractivity contribution in [1.82, 2.24) is 5.32 Å². The number of rotatable bonds is 4. The third kappa shape index (κ3) is 2.72. The van der Waals surface area contributed by atoms with Crippen LogP contribution in [0.15, 0.2) is 24.3 Å². The largest absolute Gasteiger partial charge is 0.508 e.